The first-order valence-electron chi connectivity index (χ1n) is 7.89. The normalized spacial score (nSPS) is 14.4. The average molecular weight is 261 g/mol. The van der Waals surface area contributed by atoms with Gasteiger partial charge in [-0.3, -0.25) is 0 Å². The number of nitrogens with one attached hydrogen (secondary N) is 1. The van der Waals surface area contributed by atoms with E-state index in [9.17, 15) is 0 Å². The maximum atomic E-state index is 3.72. The van der Waals surface area contributed by atoms with Gasteiger partial charge in [-0.2, -0.15) is 0 Å². The molecular weight excluding hydrogens is 230 g/mol. The fourth-order valence-electron chi connectivity index (χ4n) is 2.65. The smallest absolute Gasteiger partial charge is 0.0322 e. The molecule has 0 aliphatic carbocycles. The Bertz CT molecular complexity index is 370. The first kappa shape index (κ1) is 16.2. The molecule has 0 aromatic heterocycles. The van der Waals surface area contributed by atoms with Crippen LogP contribution in [-0.4, -0.2) is 6.54 Å². The monoisotopic (exact) mass is 261 g/mol. The van der Waals surface area contributed by atoms with Crippen LogP contribution in [0.4, 0.5) is 0 Å². The SMILES string of the molecule is CCCNC(CC(C)CCC)c1ccc(C)c(C)c1. The molecule has 1 aromatic carbocycles. The molecular formula is C18H31N. The fourth-order valence-corrected chi connectivity index (χ4v) is 2.65. The molecule has 1 nitrogen and oxygen atoms in total. The summed E-state index contributed by atoms with van der Waals surface area (Å²) in [6, 6.07) is 7.44. The zero-order chi connectivity index (χ0) is 14.3. The Labute approximate surface area is 119 Å². The summed E-state index contributed by atoms with van der Waals surface area (Å²) in [5, 5.41) is 3.72. The minimum atomic E-state index is 0.515. The predicted molar refractivity (Wildman–Crippen MR) is 85.6 cm³/mol. The lowest BCUT2D eigenvalue weighted by molar-refractivity contribution is 0.390. The molecule has 0 aliphatic rings. The number of hydrogen-bond donors (Lipinski definition) is 1. The quantitative estimate of drug-likeness (QED) is 0.680. The van der Waals surface area contributed by atoms with E-state index in [-0.39, 0.29) is 0 Å². The zero-order valence-electron chi connectivity index (χ0n) is 13.4. The van der Waals surface area contributed by atoms with Crippen molar-refractivity contribution in [3.8, 4) is 0 Å². The number of rotatable bonds is 8. The summed E-state index contributed by atoms with van der Waals surface area (Å²) in [5.74, 6) is 0.793. The van der Waals surface area contributed by atoms with Gasteiger partial charge in [-0.05, 0) is 55.8 Å². The largest absolute Gasteiger partial charge is 0.310 e. The zero-order valence-corrected chi connectivity index (χ0v) is 13.4. The summed E-state index contributed by atoms with van der Waals surface area (Å²) in [7, 11) is 0. The van der Waals surface area contributed by atoms with Crippen LogP contribution in [0.25, 0.3) is 0 Å². The van der Waals surface area contributed by atoms with E-state index in [2.05, 4.69) is 58.1 Å². The van der Waals surface area contributed by atoms with Gasteiger partial charge in [-0.1, -0.05) is 51.8 Å². The van der Waals surface area contributed by atoms with Crippen LogP contribution in [-0.2, 0) is 0 Å². The summed E-state index contributed by atoms with van der Waals surface area (Å²) in [5.41, 5.74) is 4.25. The van der Waals surface area contributed by atoms with Gasteiger partial charge in [-0.25, -0.2) is 0 Å². The summed E-state index contributed by atoms with van der Waals surface area (Å²) in [6.07, 6.45) is 5.06. The van der Waals surface area contributed by atoms with E-state index in [1.54, 1.807) is 0 Å². The van der Waals surface area contributed by atoms with E-state index < -0.39 is 0 Å². The van der Waals surface area contributed by atoms with Gasteiger partial charge in [0.2, 0.25) is 0 Å². The summed E-state index contributed by atoms with van der Waals surface area (Å²) < 4.78 is 0. The second kappa shape index (κ2) is 8.37. The molecule has 0 amide bonds. The molecule has 0 saturated carbocycles. The number of aryl methyl sites for hydroxylation is 2. The first-order chi connectivity index (χ1) is 9.08. The minimum Gasteiger partial charge on any atom is -0.310 e. The van der Waals surface area contributed by atoms with Crippen LogP contribution in [0.1, 0.15) is 69.2 Å². The van der Waals surface area contributed by atoms with E-state index in [1.165, 1.54) is 42.4 Å². The number of benzene rings is 1. The van der Waals surface area contributed by atoms with Gasteiger partial charge in [0.1, 0.15) is 0 Å². The van der Waals surface area contributed by atoms with Crippen molar-refractivity contribution in [2.24, 2.45) is 5.92 Å². The van der Waals surface area contributed by atoms with Crippen LogP contribution in [0.5, 0.6) is 0 Å². The van der Waals surface area contributed by atoms with E-state index in [0.717, 1.165) is 12.5 Å². The van der Waals surface area contributed by atoms with Gasteiger partial charge < -0.3 is 5.32 Å². The van der Waals surface area contributed by atoms with Crippen molar-refractivity contribution in [2.75, 3.05) is 6.54 Å². The first-order valence-corrected chi connectivity index (χ1v) is 7.89. The van der Waals surface area contributed by atoms with Gasteiger partial charge in [0.05, 0.1) is 0 Å². The van der Waals surface area contributed by atoms with Crippen molar-refractivity contribution in [1.82, 2.24) is 5.32 Å². The van der Waals surface area contributed by atoms with E-state index in [1.807, 2.05) is 0 Å². The Balaban J connectivity index is 2.79. The highest BCUT2D eigenvalue weighted by molar-refractivity contribution is 5.31. The summed E-state index contributed by atoms with van der Waals surface area (Å²) >= 11 is 0. The lowest BCUT2D eigenvalue weighted by atomic mass is 9.91. The molecule has 0 spiro atoms. The summed E-state index contributed by atoms with van der Waals surface area (Å²) in [4.78, 5) is 0. The van der Waals surface area contributed by atoms with Crippen LogP contribution >= 0.6 is 0 Å². The molecule has 0 aliphatic heterocycles. The van der Waals surface area contributed by atoms with Crippen molar-refractivity contribution in [1.29, 1.82) is 0 Å². The highest BCUT2D eigenvalue weighted by Crippen LogP contribution is 2.25. The Hall–Kier alpha value is -0.820. The molecule has 1 rings (SSSR count). The predicted octanol–water partition coefficient (Wildman–Crippen LogP) is 5.17. The molecule has 0 bridgehead atoms. The number of hydrogen-bond acceptors (Lipinski definition) is 1. The topological polar surface area (TPSA) is 12.0 Å². The molecule has 2 unspecified atom stereocenters. The van der Waals surface area contributed by atoms with Crippen LogP contribution in [0.3, 0.4) is 0 Å². The molecule has 1 heteroatoms. The molecule has 108 valence electrons. The lowest BCUT2D eigenvalue weighted by Gasteiger charge is -2.23. The van der Waals surface area contributed by atoms with E-state index in [0.29, 0.717) is 6.04 Å². The van der Waals surface area contributed by atoms with Gasteiger partial charge in [0.25, 0.3) is 0 Å². The fraction of sp³-hybridized carbons (Fsp3) is 0.667. The van der Waals surface area contributed by atoms with Gasteiger partial charge >= 0.3 is 0 Å². The van der Waals surface area contributed by atoms with Crippen molar-refractivity contribution in [3.05, 3.63) is 34.9 Å². The molecule has 19 heavy (non-hydrogen) atoms. The minimum absolute atomic E-state index is 0.515. The highest BCUT2D eigenvalue weighted by Gasteiger charge is 2.14. The van der Waals surface area contributed by atoms with Crippen LogP contribution in [0, 0.1) is 19.8 Å². The van der Waals surface area contributed by atoms with Gasteiger partial charge in [0, 0.05) is 6.04 Å². The molecule has 0 saturated heterocycles. The van der Waals surface area contributed by atoms with Gasteiger partial charge in [-0.15, -0.1) is 0 Å². The van der Waals surface area contributed by atoms with Crippen LogP contribution in [0.2, 0.25) is 0 Å². The molecule has 1 aromatic rings. The third kappa shape index (κ3) is 5.36. The molecule has 0 heterocycles. The van der Waals surface area contributed by atoms with E-state index >= 15 is 0 Å². The average Bonchev–Trinajstić information content (AvgIpc) is 2.38. The third-order valence-corrected chi connectivity index (χ3v) is 3.99. The summed E-state index contributed by atoms with van der Waals surface area (Å²) in [6.45, 7) is 12.4. The van der Waals surface area contributed by atoms with Crippen molar-refractivity contribution < 1.29 is 0 Å². The Kier molecular flexibility index (Phi) is 7.15. The molecule has 0 radical (unpaired) electrons. The Morgan fingerprint density at radius 3 is 2.37 bits per heavy atom. The van der Waals surface area contributed by atoms with E-state index in [4.69, 9.17) is 0 Å². The Morgan fingerprint density at radius 2 is 1.79 bits per heavy atom. The van der Waals surface area contributed by atoms with Crippen molar-refractivity contribution >= 4 is 0 Å². The van der Waals surface area contributed by atoms with Crippen LogP contribution in [0.15, 0.2) is 18.2 Å². The lowest BCUT2D eigenvalue weighted by Crippen LogP contribution is -2.24. The Morgan fingerprint density at radius 1 is 1.05 bits per heavy atom. The second-order valence-corrected chi connectivity index (χ2v) is 5.98. The standard InChI is InChI=1S/C18H31N/c1-6-8-14(3)12-18(19-11-7-2)17-10-9-15(4)16(5)13-17/h9-10,13-14,18-19H,6-8,11-12H2,1-5H3. The molecule has 0 fully saturated rings. The van der Waals surface area contributed by atoms with Crippen molar-refractivity contribution in [2.45, 2.75) is 66.3 Å². The maximum Gasteiger partial charge on any atom is 0.0322 e. The van der Waals surface area contributed by atoms with Gasteiger partial charge in [0.15, 0.2) is 0 Å². The molecule has 1 N–H and O–H groups in total. The third-order valence-electron chi connectivity index (χ3n) is 3.99. The van der Waals surface area contributed by atoms with Crippen molar-refractivity contribution in [3.63, 3.8) is 0 Å². The second-order valence-electron chi connectivity index (χ2n) is 5.98. The highest BCUT2D eigenvalue weighted by atomic mass is 14.9. The van der Waals surface area contributed by atoms with Crippen LogP contribution < -0.4 is 5.32 Å². The maximum absolute atomic E-state index is 3.72. The molecule has 2 atom stereocenters.